The Labute approximate surface area is 144 Å². The zero-order valence-electron chi connectivity index (χ0n) is 13.7. The molecule has 2 aromatic rings. The maximum atomic E-state index is 13.9. The lowest BCUT2D eigenvalue weighted by atomic mass is 10.2. The summed E-state index contributed by atoms with van der Waals surface area (Å²) in [7, 11) is 0. The van der Waals surface area contributed by atoms with Crippen LogP contribution in [-0.4, -0.2) is 53.2 Å². The van der Waals surface area contributed by atoms with Crippen molar-refractivity contribution in [2.45, 2.75) is 19.9 Å². The van der Waals surface area contributed by atoms with Gasteiger partial charge in [0.1, 0.15) is 10.8 Å². The van der Waals surface area contributed by atoms with Crippen LogP contribution in [-0.2, 0) is 4.79 Å². The van der Waals surface area contributed by atoms with Gasteiger partial charge < -0.3 is 4.90 Å². The van der Waals surface area contributed by atoms with Crippen molar-refractivity contribution in [2.24, 2.45) is 0 Å². The molecule has 1 fully saturated rings. The van der Waals surface area contributed by atoms with Crippen molar-refractivity contribution < 1.29 is 9.18 Å². The number of anilines is 2. The van der Waals surface area contributed by atoms with E-state index >= 15 is 0 Å². The monoisotopic (exact) mass is 349 g/mol. The first-order valence-electron chi connectivity index (χ1n) is 7.89. The molecule has 128 valence electrons. The molecule has 0 unspecified atom stereocenters. The highest BCUT2D eigenvalue weighted by Crippen LogP contribution is 2.21. The highest BCUT2D eigenvalue weighted by Gasteiger charge is 2.27. The van der Waals surface area contributed by atoms with Gasteiger partial charge in [0.15, 0.2) is 0 Å². The van der Waals surface area contributed by atoms with Crippen LogP contribution in [0.1, 0.15) is 11.9 Å². The van der Waals surface area contributed by atoms with Gasteiger partial charge in [-0.05, 0) is 26.0 Å². The molecule has 8 heteroatoms. The standard InChI is InChI=1S/C16H20FN5OS/c1-11(15(23)18-16-20-19-12(2)24-16)21-7-9-22(10-8-21)14-6-4-3-5-13(14)17/h3-6,11H,7-10H2,1-2H3,(H,18,20,23)/t11-/m1/s1. The normalized spacial score (nSPS) is 16.9. The van der Waals surface area contributed by atoms with Crippen molar-refractivity contribution in [2.75, 3.05) is 36.4 Å². The summed E-state index contributed by atoms with van der Waals surface area (Å²) in [6.45, 7) is 6.52. The third-order valence-electron chi connectivity index (χ3n) is 4.19. The van der Waals surface area contributed by atoms with Gasteiger partial charge in [-0.15, -0.1) is 10.2 Å². The molecule has 24 heavy (non-hydrogen) atoms. The molecule has 1 atom stereocenters. The highest BCUT2D eigenvalue weighted by molar-refractivity contribution is 7.15. The Balaban J connectivity index is 1.56. The average Bonchev–Trinajstić information content (AvgIpc) is 2.99. The molecular weight excluding hydrogens is 329 g/mol. The van der Waals surface area contributed by atoms with Crippen LogP contribution < -0.4 is 10.2 Å². The Kier molecular flexibility index (Phi) is 5.06. The summed E-state index contributed by atoms with van der Waals surface area (Å²) < 4.78 is 13.9. The van der Waals surface area contributed by atoms with Gasteiger partial charge in [0, 0.05) is 26.2 Å². The molecule has 3 rings (SSSR count). The predicted octanol–water partition coefficient (Wildman–Crippen LogP) is 2.13. The Bertz CT molecular complexity index is 714. The predicted molar refractivity (Wildman–Crippen MR) is 92.9 cm³/mol. The lowest BCUT2D eigenvalue weighted by Crippen LogP contribution is -2.53. The first-order chi connectivity index (χ1) is 11.5. The minimum Gasteiger partial charge on any atom is -0.367 e. The largest absolute Gasteiger partial charge is 0.367 e. The second-order valence-electron chi connectivity index (χ2n) is 5.77. The second-order valence-corrected chi connectivity index (χ2v) is 6.95. The number of nitrogens with zero attached hydrogens (tertiary/aromatic N) is 4. The quantitative estimate of drug-likeness (QED) is 0.916. The van der Waals surface area contributed by atoms with Gasteiger partial charge in [0.25, 0.3) is 0 Å². The van der Waals surface area contributed by atoms with Crippen LogP contribution in [0.2, 0.25) is 0 Å². The zero-order chi connectivity index (χ0) is 17.1. The van der Waals surface area contributed by atoms with Gasteiger partial charge in [0.2, 0.25) is 11.0 Å². The average molecular weight is 349 g/mol. The third kappa shape index (κ3) is 3.70. The summed E-state index contributed by atoms with van der Waals surface area (Å²) >= 11 is 1.36. The van der Waals surface area contributed by atoms with Crippen molar-refractivity contribution in [1.29, 1.82) is 0 Å². The van der Waals surface area contributed by atoms with E-state index in [0.29, 0.717) is 37.0 Å². The number of halogens is 1. The first kappa shape index (κ1) is 16.8. The number of para-hydroxylation sites is 1. The number of hydrogen-bond donors (Lipinski definition) is 1. The van der Waals surface area contributed by atoms with Gasteiger partial charge in [-0.3, -0.25) is 15.0 Å². The lowest BCUT2D eigenvalue weighted by Gasteiger charge is -2.38. The Morgan fingerprint density at radius 3 is 2.58 bits per heavy atom. The number of aromatic nitrogens is 2. The van der Waals surface area contributed by atoms with E-state index < -0.39 is 0 Å². The molecule has 1 aromatic carbocycles. The number of carbonyl (C=O) groups is 1. The number of rotatable bonds is 4. The van der Waals surface area contributed by atoms with E-state index in [2.05, 4.69) is 20.4 Å². The molecule has 1 aromatic heterocycles. The fourth-order valence-electron chi connectivity index (χ4n) is 2.78. The molecule has 0 radical (unpaired) electrons. The molecule has 0 bridgehead atoms. The first-order valence-corrected chi connectivity index (χ1v) is 8.71. The highest BCUT2D eigenvalue weighted by atomic mass is 32.1. The number of aryl methyl sites for hydroxylation is 1. The fraction of sp³-hybridized carbons (Fsp3) is 0.438. The molecular formula is C16H20FN5OS. The summed E-state index contributed by atoms with van der Waals surface area (Å²) in [5.74, 6) is -0.297. The van der Waals surface area contributed by atoms with E-state index in [0.717, 1.165) is 5.01 Å². The van der Waals surface area contributed by atoms with Crippen LogP contribution in [0, 0.1) is 12.7 Å². The molecule has 1 N–H and O–H groups in total. The number of amides is 1. The molecule has 0 aliphatic carbocycles. The fourth-order valence-corrected chi connectivity index (χ4v) is 3.38. The van der Waals surface area contributed by atoms with E-state index in [4.69, 9.17) is 0 Å². The zero-order valence-corrected chi connectivity index (χ0v) is 14.5. The number of carbonyl (C=O) groups excluding carboxylic acids is 1. The van der Waals surface area contributed by atoms with Gasteiger partial charge >= 0.3 is 0 Å². The topological polar surface area (TPSA) is 61.4 Å². The Morgan fingerprint density at radius 1 is 1.25 bits per heavy atom. The Hall–Kier alpha value is -2.06. The summed E-state index contributed by atoms with van der Waals surface area (Å²) in [5, 5.41) is 11.9. The van der Waals surface area contributed by atoms with Gasteiger partial charge in [0.05, 0.1) is 11.7 Å². The van der Waals surface area contributed by atoms with Gasteiger partial charge in [-0.1, -0.05) is 23.5 Å². The van der Waals surface area contributed by atoms with Crippen molar-refractivity contribution in [3.8, 4) is 0 Å². The summed E-state index contributed by atoms with van der Waals surface area (Å²) in [6.07, 6.45) is 0. The number of piperazine rings is 1. The minimum absolute atomic E-state index is 0.0921. The molecule has 2 heterocycles. The molecule has 0 saturated carbocycles. The van der Waals surface area contributed by atoms with E-state index in [-0.39, 0.29) is 17.8 Å². The molecule has 1 saturated heterocycles. The van der Waals surface area contributed by atoms with Crippen LogP contribution in [0.5, 0.6) is 0 Å². The van der Waals surface area contributed by atoms with Crippen molar-refractivity contribution >= 4 is 28.1 Å². The van der Waals surface area contributed by atoms with E-state index in [1.54, 1.807) is 12.1 Å². The van der Waals surface area contributed by atoms with Crippen molar-refractivity contribution in [3.05, 3.63) is 35.1 Å². The maximum absolute atomic E-state index is 13.9. The summed E-state index contributed by atoms with van der Waals surface area (Å²) in [5.41, 5.74) is 0.624. The maximum Gasteiger partial charge on any atom is 0.243 e. The molecule has 1 amide bonds. The van der Waals surface area contributed by atoms with Crippen LogP contribution >= 0.6 is 11.3 Å². The van der Waals surface area contributed by atoms with Crippen molar-refractivity contribution in [1.82, 2.24) is 15.1 Å². The third-order valence-corrected chi connectivity index (χ3v) is 4.94. The number of nitrogens with one attached hydrogen (secondary N) is 1. The second kappa shape index (κ2) is 7.23. The van der Waals surface area contributed by atoms with Crippen molar-refractivity contribution in [3.63, 3.8) is 0 Å². The van der Waals surface area contributed by atoms with Crippen LogP contribution in [0.15, 0.2) is 24.3 Å². The van der Waals surface area contributed by atoms with Gasteiger partial charge in [-0.2, -0.15) is 0 Å². The molecule has 1 aliphatic rings. The van der Waals surface area contributed by atoms with E-state index in [1.165, 1.54) is 17.4 Å². The SMILES string of the molecule is Cc1nnc(NC(=O)[C@@H](C)N2CCN(c3ccccc3F)CC2)s1. The van der Waals surface area contributed by atoms with Gasteiger partial charge in [-0.25, -0.2) is 4.39 Å². The number of benzene rings is 1. The number of hydrogen-bond acceptors (Lipinski definition) is 6. The minimum atomic E-state index is -0.267. The summed E-state index contributed by atoms with van der Waals surface area (Å²) in [6, 6.07) is 6.53. The smallest absolute Gasteiger partial charge is 0.243 e. The van der Waals surface area contributed by atoms with E-state index in [1.807, 2.05) is 24.8 Å². The lowest BCUT2D eigenvalue weighted by molar-refractivity contribution is -0.120. The van der Waals surface area contributed by atoms with Crippen LogP contribution in [0.4, 0.5) is 15.2 Å². The van der Waals surface area contributed by atoms with Crippen LogP contribution in [0.3, 0.4) is 0 Å². The molecule has 0 spiro atoms. The molecule has 6 nitrogen and oxygen atoms in total. The van der Waals surface area contributed by atoms with Crippen LogP contribution in [0.25, 0.3) is 0 Å². The molecule has 1 aliphatic heterocycles. The Morgan fingerprint density at radius 2 is 1.96 bits per heavy atom. The summed E-state index contributed by atoms with van der Waals surface area (Å²) in [4.78, 5) is 16.5. The van der Waals surface area contributed by atoms with E-state index in [9.17, 15) is 9.18 Å².